The predicted molar refractivity (Wildman–Crippen MR) is 71.5 cm³/mol. The van der Waals surface area contributed by atoms with E-state index in [2.05, 4.69) is 5.32 Å². The monoisotopic (exact) mass is 318 g/mol. The molecule has 0 radical (unpaired) electrons. The molecule has 0 aliphatic carbocycles. The van der Waals surface area contributed by atoms with Gasteiger partial charge >= 0.3 is 6.18 Å². The Bertz CT molecular complexity index is 678. The Balaban J connectivity index is 2.24. The van der Waals surface area contributed by atoms with Crippen molar-refractivity contribution in [1.29, 1.82) is 5.26 Å². The van der Waals surface area contributed by atoms with Crippen molar-refractivity contribution in [3.8, 4) is 6.07 Å². The van der Waals surface area contributed by atoms with Gasteiger partial charge in [0.1, 0.15) is 0 Å². The highest BCUT2D eigenvalue weighted by Crippen LogP contribution is 2.35. The summed E-state index contributed by atoms with van der Waals surface area (Å²) in [5.41, 5.74) is -1.08. The number of nitriles is 1. The lowest BCUT2D eigenvalue weighted by Crippen LogP contribution is -2.26. The number of nitrogens with one attached hydrogen (secondary N) is 1. The van der Waals surface area contributed by atoms with E-state index in [4.69, 9.17) is 5.26 Å². The van der Waals surface area contributed by atoms with E-state index in [0.29, 0.717) is 12.8 Å². The van der Waals surface area contributed by atoms with Crippen LogP contribution in [0.2, 0.25) is 0 Å². The SMILES string of the molecule is N#Cc1ccc(C(F)(F)F)c(NC[C@H]2CCCS2(=O)=O)c1. The van der Waals surface area contributed by atoms with Crippen LogP contribution in [-0.4, -0.2) is 26.0 Å². The Morgan fingerprint density at radius 1 is 1.38 bits per heavy atom. The highest BCUT2D eigenvalue weighted by molar-refractivity contribution is 7.92. The summed E-state index contributed by atoms with van der Waals surface area (Å²) in [5, 5.41) is 10.6. The van der Waals surface area contributed by atoms with Gasteiger partial charge in [0.2, 0.25) is 0 Å². The van der Waals surface area contributed by atoms with Gasteiger partial charge in [-0.1, -0.05) is 0 Å². The van der Waals surface area contributed by atoms with Crippen LogP contribution < -0.4 is 5.32 Å². The summed E-state index contributed by atoms with van der Waals surface area (Å²) in [6.07, 6.45) is -3.60. The summed E-state index contributed by atoms with van der Waals surface area (Å²) < 4.78 is 62.0. The summed E-state index contributed by atoms with van der Waals surface area (Å²) in [5.74, 6) is 0.0731. The quantitative estimate of drug-likeness (QED) is 0.930. The normalized spacial score (nSPS) is 21.0. The molecule has 1 aliphatic rings. The molecule has 1 aromatic carbocycles. The van der Waals surface area contributed by atoms with Crippen molar-refractivity contribution >= 4 is 15.5 Å². The smallest absolute Gasteiger partial charge is 0.383 e. The second-order valence-corrected chi connectivity index (χ2v) is 7.28. The fourth-order valence-electron chi connectivity index (χ4n) is 2.32. The van der Waals surface area contributed by atoms with Crippen molar-refractivity contribution < 1.29 is 21.6 Å². The molecule has 0 saturated carbocycles. The molecule has 1 aromatic rings. The minimum atomic E-state index is -4.56. The second-order valence-electron chi connectivity index (χ2n) is 4.88. The lowest BCUT2D eigenvalue weighted by Gasteiger charge is -2.17. The third kappa shape index (κ3) is 3.47. The van der Waals surface area contributed by atoms with E-state index >= 15 is 0 Å². The van der Waals surface area contributed by atoms with Gasteiger partial charge in [0.25, 0.3) is 0 Å². The molecule has 114 valence electrons. The standard InChI is InChI=1S/C13H13F3N2O2S/c14-13(15,16)11-4-3-9(7-17)6-12(11)18-8-10-2-1-5-21(10,19)20/h3-4,6,10,18H,1-2,5,8H2/t10-/m1/s1. The van der Waals surface area contributed by atoms with E-state index in [0.717, 1.165) is 18.2 Å². The van der Waals surface area contributed by atoms with E-state index in [-0.39, 0.29) is 23.5 Å². The van der Waals surface area contributed by atoms with Gasteiger partial charge in [-0.25, -0.2) is 8.42 Å². The number of nitrogens with zero attached hydrogens (tertiary/aromatic N) is 1. The summed E-state index contributed by atoms with van der Waals surface area (Å²) in [6.45, 7) is -0.0830. The second kappa shape index (κ2) is 5.56. The molecule has 1 aliphatic heterocycles. The fraction of sp³-hybridized carbons (Fsp3) is 0.462. The number of halogens is 3. The van der Waals surface area contributed by atoms with Crippen molar-refractivity contribution in [2.75, 3.05) is 17.6 Å². The molecule has 1 fully saturated rings. The maximum Gasteiger partial charge on any atom is 0.418 e. The van der Waals surface area contributed by atoms with Crippen LogP contribution in [0.15, 0.2) is 18.2 Å². The van der Waals surface area contributed by atoms with Gasteiger partial charge in [0.05, 0.1) is 28.2 Å². The van der Waals surface area contributed by atoms with E-state index in [1.54, 1.807) is 6.07 Å². The Kier molecular flexibility index (Phi) is 4.14. The Morgan fingerprint density at radius 2 is 2.10 bits per heavy atom. The summed E-state index contributed by atoms with van der Waals surface area (Å²) in [4.78, 5) is 0. The topological polar surface area (TPSA) is 70.0 Å². The first kappa shape index (κ1) is 15.6. The van der Waals surface area contributed by atoms with E-state index in [1.807, 2.05) is 0 Å². The van der Waals surface area contributed by atoms with Crippen molar-refractivity contribution in [3.63, 3.8) is 0 Å². The molecule has 0 amide bonds. The lowest BCUT2D eigenvalue weighted by atomic mass is 10.1. The average Bonchev–Trinajstić information content (AvgIpc) is 2.73. The zero-order valence-corrected chi connectivity index (χ0v) is 11.8. The molecule has 1 saturated heterocycles. The number of alkyl halides is 3. The summed E-state index contributed by atoms with van der Waals surface area (Å²) in [7, 11) is -3.23. The Hall–Kier alpha value is -1.75. The highest BCUT2D eigenvalue weighted by atomic mass is 32.2. The molecule has 21 heavy (non-hydrogen) atoms. The molecule has 4 nitrogen and oxygen atoms in total. The van der Waals surface area contributed by atoms with Crippen molar-refractivity contribution in [3.05, 3.63) is 29.3 Å². The van der Waals surface area contributed by atoms with Gasteiger partial charge in [-0.3, -0.25) is 0 Å². The third-order valence-electron chi connectivity index (χ3n) is 3.44. The molecular weight excluding hydrogens is 305 g/mol. The fourth-order valence-corrected chi connectivity index (χ4v) is 4.08. The Labute approximate surface area is 120 Å². The molecule has 0 spiro atoms. The molecule has 0 aromatic heterocycles. The largest absolute Gasteiger partial charge is 0.418 e. The number of rotatable bonds is 3. The van der Waals surface area contributed by atoms with Crippen molar-refractivity contribution in [2.24, 2.45) is 0 Å². The first-order valence-electron chi connectivity index (χ1n) is 6.31. The maximum absolute atomic E-state index is 12.9. The van der Waals surface area contributed by atoms with Crippen LogP contribution in [0.3, 0.4) is 0 Å². The van der Waals surface area contributed by atoms with Gasteiger partial charge in [0, 0.05) is 12.2 Å². The molecule has 0 bridgehead atoms. The van der Waals surface area contributed by atoms with Crippen LogP contribution in [0, 0.1) is 11.3 Å². The van der Waals surface area contributed by atoms with E-state index in [1.165, 1.54) is 0 Å². The van der Waals surface area contributed by atoms with Crippen LogP contribution in [0.25, 0.3) is 0 Å². The molecule has 1 atom stereocenters. The summed E-state index contributed by atoms with van der Waals surface area (Å²) in [6, 6.07) is 4.76. The number of benzene rings is 1. The predicted octanol–water partition coefficient (Wildman–Crippen LogP) is 2.57. The minimum Gasteiger partial charge on any atom is -0.383 e. The molecule has 1 N–H and O–H groups in total. The molecule has 2 rings (SSSR count). The number of anilines is 1. The first-order valence-corrected chi connectivity index (χ1v) is 8.02. The average molecular weight is 318 g/mol. The Morgan fingerprint density at radius 3 is 2.62 bits per heavy atom. The zero-order valence-electron chi connectivity index (χ0n) is 10.9. The summed E-state index contributed by atoms with van der Waals surface area (Å²) >= 11 is 0. The van der Waals surface area contributed by atoms with Crippen LogP contribution >= 0.6 is 0 Å². The molecule has 1 heterocycles. The van der Waals surface area contributed by atoms with Gasteiger partial charge in [0.15, 0.2) is 9.84 Å². The minimum absolute atomic E-state index is 0.0731. The van der Waals surface area contributed by atoms with Gasteiger partial charge in [-0.05, 0) is 31.0 Å². The van der Waals surface area contributed by atoms with Crippen LogP contribution in [0.4, 0.5) is 18.9 Å². The third-order valence-corrected chi connectivity index (χ3v) is 5.71. The zero-order chi connectivity index (χ0) is 15.7. The van der Waals surface area contributed by atoms with Crippen molar-refractivity contribution in [1.82, 2.24) is 0 Å². The van der Waals surface area contributed by atoms with Crippen LogP contribution in [0.5, 0.6) is 0 Å². The number of sulfone groups is 1. The van der Waals surface area contributed by atoms with Crippen LogP contribution in [-0.2, 0) is 16.0 Å². The first-order chi connectivity index (χ1) is 9.74. The van der Waals surface area contributed by atoms with Gasteiger partial charge < -0.3 is 5.32 Å². The number of hydrogen-bond acceptors (Lipinski definition) is 4. The highest BCUT2D eigenvalue weighted by Gasteiger charge is 2.35. The van der Waals surface area contributed by atoms with E-state index in [9.17, 15) is 21.6 Å². The molecule has 8 heteroatoms. The van der Waals surface area contributed by atoms with Gasteiger partial charge in [-0.2, -0.15) is 18.4 Å². The van der Waals surface area contributed by atoms with Crippen LogP contribution in [0.1, 0.15) is 24.0 Å². The maximum atomic E-state index is 12.9. The van der Waals surface area contributed by atoms with Crippen molar-refractivity contribution in [2.45, 2.75) is 24.3 Å². The number of hydrogen-bond donors (Lipinski definition) is 1. The lowest BCUT2D eigenvalue weighted by molar-refractivity contribution is -0.136. The molecule has 0 unspecified atom stereocenters. The molecular formula is C13H13F3N2O2S. The van der Waals surface area contributed by atoms with E-state index < -0.39 is 26.8 Å². The van der Waals surface area contributed by atoms with Gasteiger partial charge in [-0.15, -0.1) is 0 Å².